The molecule has 0 fully saturated rings. The molecule has 3 nitrogen and oxygen atoms in total. The third-order valence-electron chi connectivity index (χ3n) is 4.76. The van der Waals surface area contributed by atoms with Gasteiger partial charge in [0.15, 0.2) is 0 Å². The van der Waals surface area contributed by atoms with E-state index in [4.69, 9.17) is 5.73 Å². The van der Waals surface area contributed by atoms with E-state index in [1.807, 2.05) is 7.05 Å². The monoisotopic (exact) mass is 301 g/mol. The second kappa shape index (κ2) is 9.01. The molecular weight excluding hydrogens is 269 g/mol. The smallest absolute Gasteiger partial charge is 0.107 e. The largest absolute Gasteiger partial charge is 0.391 e. The van der Waals surface area contributed by atoms with Gasteiger partial charge in [-0.15, -0.1) is 0 Å². The number of hydrogen-bond donors (Lipinski definition) is 2. The summed E-state index contributed by atoms with van der Waals surface area (Å²) in [5.41, 5.74) is 12.9. The first-order valence-electron chi connectivity index (χ1n) is 8.36. The Morgan fingerprint density at radius 3 is 2.45 bits per heavy atom. The summed E-state index contributed by atoms with van der Waals surface area (Å²) >= 11 is 0. The third-order valence-corrected chi connectivity index (χ3v) is 4.76. The normalized spacial score (nSPS) is 12.5. The van der Waals surface area contributed by atoms with Crippen molar-refractivity contribution in [2.75, 3.05) is 26.7 Å². The van der Waals surface area contributed by atoms with Crippen LogP contribution in [0.15, 0.2) is 24.4 Å². The molecule has 0 saturated heterocycles. The van der Waals surface area contributed by atoms with Crippen LogP contribution in [0.25, 0.3) is 0 Å². The molecule has 1 aromatic carbocycles. The van der Waals surface area contributed by atoms with Gasteiger partial charge >= 0.3 is 0 Å². The second-order valence-corrected chi connectivity index (χ2v) is 6.01. The van der Waals surface area contributed by atoms with Crippen LogP contribution in [0.2, 0.25) is 0 Å². The van der Waals surface area contributed by atoms with Crippen LogP contribution in [-0.4, -0.2) is 45.5 Å². The summed E-state index contributed by atoms with van der Waals surface area (Å²) in [6.45, 7) is 13.5. The Bertz CT molecular complexity index is 499. The number of nitrogens with one attached hydrogen (secondary N) is 1. The molecule has 1 rings (SSSR count). The lowest BCUT2D eigenvalue weighted by Gasteiger charge is -2.25. The highest BCUT2D eigenvalue weighted by Gasteiger charge is 2.12. The van der Waals surface area contributed by atoms with E-state index in [0.717, 1.165) is 38.1 Å². The van der Waals surface area contributed by atoms with Crippen LogP contribution in [0.1, 0.15) is 29.2 Å². The van der Waals surface area contributed by atoms with E-state index in [1.54, 1.807) is 0 Å². The quantitative estimate of drug-likeness (QED) is 0.677. The first-order valence-corrected chi connectivity index (χ1v) is 8.36. The van der Waals surface area contributed by atoms with Crippen molar-refractivity contribution in [3.63, 3.8) is 0 Å². The van der Waals surface area contributed by atoms with Crippen LogP contribution in [-0.2, 0) is 12.7 Å². The van der Waals surface area contributed by atoms with Crippen molar-refractivity contribution in [3.8, 4) is 0 Å². The standard InChI is InChI=1S/C18H32BN3/c1-6-22(12-18(20)15(4)21-5)10-9-16-7-8-17(11-19)14(3)13(16)2/h7-8,18,21H,4,6,9-12,19-20H2,1-3,5H3. The van der Waals surface area contributed by atoms with Crippen molar-refractivity contribution < 1.29 is 0 Å². The van der Waals surface area contributed by atoms with Crippen LogP contribution in [0.5, 0.6) is 0 Å². The van der Waals surface area contributed by atoms with Crippen LogP contribution < -0.4 is 11.1 Å². The van der Waals surface area contributed by atoms with Crippen LogP contribution in [0, 0.1) is 13.8 Å². The van der Waals surface area contributed by atoms with Gasteiger partial charge in [0.25, 0.3) is 0 Å². The number of rotatable bonds is 9. The van der Waals surface area contributed by atoms with E-state index >= 15 is 0 Å². The van der Waals surface area contributed by atoms with Gasteiger partial charge in [-0.2, -0.15) is 0 Å². The molecule has 0 aromatic heterocycles. The fraction of sp³-hybridized carbons (Fsp3) is 0.556. The van der Waals surface area contributed by atoms with Gasteiger partial charge in [-0.25, -0.2) is 0 Å². The van der Waals surface area contributed by atoms with Crippen LogP contribution in [0.4, 0.5) is 0 Å². The molecule has 0 aliphatic carbocycles. The molecule has 22 heavy (non-hydrogen) atoms. The number of nitrogens with two attached hydrogens (primary N) is 1. The fourth-order valence-corrected chi connectivity index (χ4v) is 2.82. The first kappa shape index (κ1) is 18.8. The Labute approximate surface area is 137 Å². The predicted molar refractivity (Wildman–Crippen MR) is 100 cm³/mol. The van der Waals surface area contributed by atoms with Crippen LogP contribution in [0.3, 0.4) is 0 Å². The minimum absolute atomic E-state index is 0.0183. The Morgan fingerprint density at radius 1 is 1.32 bits per heavy atom. The van der Waals surface area contributed by atoms with E-state index in [-0.39, 0.29) is 6.04 Å². The van der Waals surface area contributed by atoms with Gasteiger partial charge in [0.1, 0.15) is 7.85 Å². The minimum atomic E-state index is -0.0183. The van der Waals surface area contributed by atoms with Crippen molar-refractivity contribution in [2.24, 2.45) is 5.73 Å². The molecule has 4 heteroatoms. The molecule has 0 aliphatic heterocycles. The number of likely N-dealkylation sites (N-methyl/N-ethyl adjacent to an activating group) is 2. The summed E-state index contributed by atoms with van der Waals surface area (Å²) in [7, 11) is 4.09. The number of benzene rings is 1. The van der Waals surface area contributed by atoms with Gasteiger partial charge in [0.05, 0.1) is 6.04 Å². The average Bonchev–Trinajstić information content (AvgIpc) is 2.53. The molecule has 0 spiro atoms. The lowest BCUT2D eigenvalue weighted by Crippen LogP contribution is -2.42. The highest BCUT2D eigenvalue weighted by atomic mass is 15.1. The first-order chi connectivity index (χ1) is 10.4. The highest BCUT2D eigenvalue weighted by molar-refractivity contribution is 6.08. The van der Waals surface area contributed by atoms with Crippen molar-refractivity contribution in [2.45, 2.75) is 39.6 Å². The van der Waals surface area contributed by atoms with E-state index in [2.05, 4.69) is 57.5 Å². The molecular formula is C18H32BN3. The topological polar surface area (TPSA) is 41.3 Å². The van der Waals surface area contributed by atoms with Crippen molar-refractivity contribution in [1.82, 2.24) is 10.2 Å². The Hall–Kier alpha value is -1.26. The molecule has 0 heterocycles. The number of nitrogens with zero attached hydrogens (tertiary/aromatic N) is 1. The Kier molecular flexibility index (Phi) is 7.70. The summed E-state index contributed by atoms with van der Waals surface area (Å²) in [5.74, 6) is 0. The van der Waals surface area contributed by atoms with E-state index in [0.29, 0.717) is 0 Å². The molecule has 122 valence electrons. The van der Waals surface area contributed by atoms with E-state index in [9.17, 15) is 0 Å². The Morgan fingerprint density at radius 2 is 1.91 bits per heavy atom. The summed E-state index contributed by atoms with van der Waals surface area (Å²) in [6, 6.07) is 4.56. The average molecular weight is 301 g/mol. The number of hydrogen-bond acceptors (Lipinski definition) is 3. The summed E-state index contributed by atoms with van der Waals surface area (Å²) < 4.78 is 0. The fourth-order valence-electron chi connectivity index (χ4n) is 2.82. The lowest BCUT2D eigenvalue weighted by atomic mass is 9.88. The van der Waals surface area contributed by atoms with E-state index < -0.39 is 0 Å². The van der Waals surface area contributed by atoms with Gasteiger partial charge in [0, 0.05) is 25.8 Å². The molecule has 1 atom stereocenters. The molecule has 1 aromatic rings. The third kappa shape index (κ3) is 4.89. The van der Waals surface area contributed by atoms with Crippen molar-refractivity contribution in [1.29, 1.82) is 0 Å². The second-order valence-electron chi connectivity index (χ2n) is 6.01. The molecule has 0 saturated carbocycles. The minimum Gasteiger partial charge on any atom is -0.391 e. The van der Waals surface area contributed by atoms with Crippen molar-refractivity contribution in [3.05, 3.63) is 46.7 Å². The summed E-state index contributed by atoms with van der Waals surface area (Å²) in [5, 5.41) is 3.05. The molecule has 0 radical (unpaired) electrons. The molecule has 0 bridgehead atoms. The van der Waals surface area contributed by atoms with Gasteiger partial charge in [-0.3, -0.25) is 0 Å². The predicted octanol–water partition coefficient (Wildman–Crippen LogP) is 1.36. The SMILES string of the molecule is BCc1ccc(CCN(CC)CC(N)C(=C)NC)c(C)c1C. The maximum Gasteiger partial charge on any atom is 0.107 e. The summed E-state index contributed by atoms with van der Waals surface area (Å²) in [4.78, 5) is 2.40. The van der Waals surface area contributed by atoms with Gasteiger partial charge in [-0.05, 0) is 43.5 Å². The molecule has 3 N–H and O–H groups in total. The highest BCUT2D eigenvalue weighted by Crippen LogP contribution is 2.18. The van der Waals surface area contributed by atoms with Gasteiger partial charge in [0.2, 0.25) is 0 Å². The molecule has 0 amide bonds. The zero-order chi connectivity index (χ0) is 16.7. The van der Waals surface area contributed by atoms with Gasteiger partial charge < -0.3 is 16.0 Å². The maximum absolute atomic E-state index is 6.16. The maximum atomic E-state index is 6.16. The van der Waals surface area contributed by atoms with Gasteiger partial charge in [-0.1, -0.05) is 37.5 Å². The molecule has 0 aliphatic rings. The Balaban J connectivity index is 2.67. The zero-order valence-electron chi connectivity index (χ0n) is 15.0. The van der Waals surface area contributed by atoms with Crippen LogP contribution >= 0.6 is 0 Å². The summed E-state index contributed by atoms with van der Waals surface area (Å²) in [6.07, 6.45) is 2.18. The van der Waals surface area contributed by atoms with Crippen molar-refractivity contribution >= 4 is 7.85 Å². The lowest BCUT2D eigenvalue weighted by molar-refractivity contribution is 0.280. The molecule has 1 unspecified atom stereocenters. The van der Waals surface area contributed by atoms with E-state index in [1.165, 1.54) is 22.3 Å². The zero-order valence-corrected chi connectivity index (χ0v) is 15.0.